The Labute approximate surface area is 160 Å². The largest absolute Gasteiger partial charge is 0.444 e. The zero-order valence-electron chi connectivity index (χ0n) is 15.2. The summed E-state index contributed by atoms with van der Waals surface area (Å²) in [6, 6.07) is 7.16. The Morgan fingerprint density at radius 1 is 1.27 bits per heavy atom. The first kappa shape index (κ1) is 18.9. The highest BCUT2D eigenvalue weighted by atomic mass is 35.5. The Bertz CT molecular complexity index is 777. The summed E-state index contributed by atoms with van der Waals surface area (Å²) in [4.78, 5) is 16.9. The van der Waals surface area contributed by atoms with Gasteiger partial charge < -0.3 is 15.1 Å². The van der Waals surface area contributed by atoms with Crippen LogP contribution in [-0.2, 0) is 4.79 Å². The minimum absolute atomic E-state index is 0. The Hall–Kier alpha value is -1.85. The lowest BCUT2D eigenvalue weighted by molar-refractivity contribution is -0.117. The van der Waals surface area contributed by atoms with Crippen LogP contribution in [0.5, 0.6) is 0 Å². The number of carbonyl (C=O) groups is 1. The Balaban J connectivity index is 0.00000196. The molecular formula is C20H26ClN3O2. The number of nitrogens with one attached hydrogen (secondary N) is 2. The predicted octanol–water partition coefficient (Wildman–Crippen LogP) is 4.24. The van der Waals surface area contributed by atoms with E-state index in [4.69, 9.17) is 4.42 Å². The summed E-state index contributed by atoms with van der Waals surface area (Å²) >= 11 is 0. The maximum Gasteiger partial charge on any atom is 0.226 e. The first-order valence-corrected chi connectivity index (χ1v) is 9.16. The van der Waals surface area contributed by atoms with Crippen molar-refractivity contribution in [1.29, 1.82) is 0 Å². The number of rotatable bonds is 4. The van der Waals surface area contributed by atoms with E-state index in [-0.39, 0.29) is 18.3 Å². The van der Waals surface area contributed by atoms with Gasteiger partial charge >= 0.3 is 0 Å². The number of fused-ring (bicyclic) bond motifs is 2. The average Bonchev–Trinajstić information content (AvgIpc) is 3.15. The SMILES string of the molecule is Cc1coc(-c2ccc(C)c(NC(=O)CC3CC4CCC(C3)N4)c2)n1.Cl. The second kappa shape index (κ2) is 7.80. The number of aryl methyl sites for hydroxylation is 2. The normalized spacial score (nSPS) is 24.2. The minimum atomic E-state index is 0. The molecule has 6 heteroatoms. The topological polar surface area (TPSA) is 67.2 Å². The summed E-state index contributed by atoms with van der Waals surface area (Å²) in [5, 5.41) is 6.73. The van der Waals surface area contributed by atoms with E-state index in [1.54, 1.807) is 6.26 Å². The Kier molecular flexibility index (Phi) is 5.68. The van der Waals surface area contributed by atoms with Gasteiger partial charge in [0.2, 0.25) is 11.8 Å². The molecule has 0 saturated carbocycles. The van der Waals surface area contributed by atoms with Crippen molar-refractivity contribution in [2.75, 3.05) is 5.32 Å². The fourth-order valence-corrected chi connectivity index (χ4v) is 4.18. The lowest BCUT2D eigenvalue weighted by Gasteiger charge is -2.28. The highest BCUT2D eigenvalue weighted by molar-refractivity contribution is 5.92. The zero-order valence-corrected chi connectivity index (χ0v) is 16.1. The van der Waals surface area contributed by atoms with Gasteiger partial charge in [-0.3, -0.25) is 4.79 Å². The molecular weight excluding hydrogens is 350 g/mol. The second-order valence-electron chi connectivity index (χ2n) is 7.55. The Morgan fingerprint density at radius 3 is 2.65 bits per heavy atom. The fourth-order valence-electron chi connectivity index (χ4n) is 4.18. The van der Waals surface area contributed by atoms with Crippen molar-refractivity contribution in [2.24, 2.45) is 5.92 Å². The van der Waals surface area contributed by atoms with Crippen LogP contribution in [0, 0.1) is 19.8 Å². The summed E-state index contributed by atoms with van der Waals surface area (Å²) in [5.41, 5.74) is 3.62. The van der Waals surface area contributed by atoms with Gasteiger partial charge in [0.05, 0.1) is 5.69 Å². The van der Waals surface area contributed by atoms with Crippen LogP contribution in [0.3, 0.4) is 0 Å². The lowest BCUT2D eigenvalue weighted by Crippen LogP contribution is -2.39. The molecule has 0 spiro atoms. The van der Waals surface area contributed by atoms with Crippen molar-refractivity contribution in [3.05, 3.63) is 35.7 Å². The molecule has 2 bridgehead atoms. The van der Waals surface area contributed by atoms with E-state index >= 15 is 0 Å². The monoisotopic (exact) mass is 375 g/mol. The quantitative estimate of drug-likeness (QED) is 0.838. The number of hydrogen-bond donors (Lipinski definition) is 2. The van der Waals surface area contributed by atoms with Crippen molar-refractivity contribution in [1.82, 2.24) is 10.3 Å². The van der Waals surface area contributed by atoms with E-state index in [9.17, 15) is 4.79 Å². The smallest absolute Gasteiger partial charge is 0.226 e. The van der Waals surface area contributed by atoms with Crippen molar-refractivity contribution in [2.45, 2.75) is 58.0 Å². The highest BCUT2D eigenvalue weighted by Crippen LogP contribution is 2.33. The molecule has 0 radical (unpaired) electrons. The molecule has 4 rings (SSSR count). The molecule has 1 amide bonds. The van der Waals surface area contributed by atoms with Gasteiger partial charge in [0.25, 0.3) is 0 Å². The molecule has 26 heavy (non-hydrogen) atoms. The number of carbonyl (C=O) groups excluding carboxylic acids is 1. The summed E-state index contributed by atoms with van der Waals surface area (Å²) in [5.74, 6) is 1.19. The zero-order chi connectivity index (χ0) is 17.4. The molecule has 3 heterocycles. The molecule has 1 aromatic heterocycles. The maximum atomic E-state index is 12.5. The molecule has 140 valence electrons. The first-order valence-electron chi connectivity index (χ1n) is 9.16. The third-order valence-corrected chi connectivity index (χ3v) is 5.42. The van der Waals surface area contributed by atoms with Crippen LogP contribution in [0.15, 0.2) is 28.9 Å². The van der Waals surface area contributed by atoms with E-state index in [2.05, 4.69) is 15.6 Å². The first-order chi connectivity index (χ1) is 12.1. The molecule has 2 aliphatic rings. The van der Waals surface area contributed by atoms with Gasteiger partial charge in [0.15, 0.2) is 0 Å². The third kappa shape index (κ3) is 4.10. The molecule has 2 fully saturated rings. The van der Waals surface area contributed by atoms with Crippen molar-refractivity contribution in [3.63, 3.8) is 0 Å². The Morgan fingerprint density at radius 2 is 2.00 bits per heavy atom. The van der Waals surface area contributed by atoms with Gasteiger partial charge in [0, 0.05) is 29.8 Å². The van der Waals surface area contributed by atoms with Gasteiger partial charge in [-0.1, -0.05) is 6.07 Å². The van der Waals surface area contributed by atoms with Crippen LogP contribution in [0.4, 0.5) is 5.69 Å². The number of oxazole rings is 1. The van der Waals surface area contributed by atoms with Crippen LogP contribution in [0.1, 0.15) is 43.4 Å². The molecule has 2 aromatic rings. The summed E-state index contributed by atoms with van der Waals surface area (Å²) in [7, 11) is 0. The number of amides is 1. The number of piperidine rings is 1. The summed E-state index contributed by atoms with van der Waals surface area (Å²) < 4.78 is 5.47. The molecule has 1 aromatic carbocycles. The molecule has 0 aliphatic carbocycles. The number of anilines is 1. The molecule has 5 nitrogen and oxygen atoms in total. The minimum Gasteiger partial charge on any atom is -0.444 e. The van der Waals surface area contributed by atoms with Crippen molar-refractivity contribution < 1.29 is 9.21 Å². The lowest BCUT2D eigenvalue weighted by atomic mass is 9.89. The van der Waals surface area contributed by atoms with Crippen LogP contribution >= 0.6 is 12.4 Å². The van der Waals surface area contributed by atoms with Gasteiger partial charge in [-0.25, -0.2) is 4.98 Å². The van der Waals surface area contributed by atoms with E-state index < -0.39 is 0 Å². The van der Waals surface area contributed by atoms with Gasteiger partial charge in [-0.15, -0.1) is 12.4 Å². The predicted molar refractivity (Wildman–Crippen MR) is 105 cm³/mol. The van der Waals surface area contributed by atoms with Crippen molar-refractivity contribution in [3.8, 4) is 11.5 Å². The molecule has 2 N–H and O–H groups in total. The average molecular weight is 376 g/mol. The molecule has 2 unspecified atom stereocenters. The fraction of sp³-hybridized carbons (Fsp3) is 0.500. The third-order valence-electron chi connectivity index (χ3n) is 5.42. The number of aromatic nitrogens is 1. The number of halogens is 1. The van der Waals surface area contributed by atoms with E-state index in [0.717, 1.165) is 35.3 Å². The molecule has 2 atom stereocenters. The molecule has 2 saturated heterocycles. The van der Waals surface area contributed by atoms with E-state index in [0.29, 0.717) is 30.3 Å². The highest BCUT2D eigenvalue weighted by Gasteiger charge is 2.34. The van der Waals surface area contributed by atoms with Gasteiger partial charge in [-0.05, 0) is 63.1 Å². The summed E-state index contributed by atoms with van der Waals surface area (Å²) in [6.07, 6.45) is 7.02. The maximum absolute atomic E-state index is 12.5. The molecule has 2 aliphatic heterocycles. The van der Waals surface area contributed by atoms with Gasteiger partial charge in [-0.2, -0.15) is 0 Å². The van der Waals surface area contributed by atoms with E-state index in [1.807, 2.05) is 32.0 Å². The number of benzene rings is 1. The van der Waals surface area contributed by atoms with Crippen LogP contribution < -0.4 is 10.6 Å². The van der Waals surface area contributed by atoms with Crippen LogP contribution in [0.25, 0.3) is 11.5 Å². The van der Waals surface area contributed by atoms with E-state index in [1.165, 1.54) is 12.8 Å². The van der Waals surface area contributed by atoms with Crippen molar-refractivity contribution >= 4 is 24.0 Å². The second-order valence-corrected chi connectivity index (χ2v) is 7.55. The van der Waals surface area contributed by atoms with Crippen LogP contribution in [-0.4, -0.2) is 23.0 Å². The summed E-state index contributed by atoms with van der Waals surface area (Å²) in [6.45, 7) is 3.90. The number of hydrogen-bond acceptors (Lipinski definition) is 4. The number of nitrogens with zero attached hydrogens (tertiary/aromatic N) is 1. The standard InChI is InChI=1S/C20H25N3O2.ClH/c1-12-3-4-15(20-21-13(2)11-25-20)10-18(12)23-19(24)9-14-7-16-5-6-17(8-14)22-16;/h3-4,10-11,14,16-17,22H,5-9H2,1-2H3,(H,23,24);1H. The van der Waals surface area contributed by atoms with Gasteiger partial charge in [0.1, 0.15) is 6.26 Å². The van der Waals surface area contributed by atoms with Crippen LogP contribution in [0.2, 0.25) is 0 Å².